The van der Waals surface area contributed by atoms with Crippen LogP contribution in [-0.2, 0) is 24.5 Å². The molecule has 3 aliphatic heterocycles. The lowest BCUT2D eigenvalue weighted by atomic mass is 9.48. The van der Waals surface area contributed by atoms with Crippen LogP contribution in [0.3, 0.4) is 0 Å². The number of carbonyl (C=O) groups is 2. The highest BCUT2D eigenvalue weighted by atomic mass is 16.6. The highest BCUT2D eigenvalue weighted by Gasteiger charge is 2.78. The van der Waals surface area contributed by atoms with Crippen LogP contribution >= 0.6 is 0 Å². The van der Waals surface area contributed by atoms with Gasteiger partial charge in [-0.3, -0.25) is 14.5 Å². The van der Waals surface area contributed by atoms with E-state index in [1.54, 1.807) is 27.9 Å². The molecule has 5 rings (SSSR count). The van der Waals surface area contributed by atoms with Crippen molar-refractivity contribution in [1.29, 1.82) is 0 Å². The Labute approximate surface area is 219 Å². The summed E-state index contributed by atoms with van der Waals surface area (Å²) < 4.78 is 17.5. The minimum Gasteiger partial charge on any atom is -0.497 e. The fourth-order valence-electron chi connectivity index (χ4n) is 8.01. The van der Waals surface area contributed by atoms with E-state index in [0.29, 0.717) is 6.42 Å². The van der Waals surface area contributed by atoms with E-state index in [1.165, 1.54) is 6.92 Å². The van der Waals surface area contributed by atoms with Crippen molar-refractivity contribution in [2.24, 2.45) is 10.8 Å². The van der Waals surface area contributed by atoms with Crippen LogP contribution in [0.2, 0.25) is 0 Å². The molecule has 37 heavy (non-hydrogen) atoms. The summed E-state index contributed by atoms with van der Waals surface area (Å²) in [6.07, 6.45) is 4.86. The molecule has 0 aromatic heterocycles. The summed E-state index contributed by atoms with van der Waals surface area (Å²) in [4.78, 5) is 30.1. The predicted molar refractivity (Wildman–Crippen MR) is 140 cm³/mol. The maximum atomic E-state index is 13.0. The number of ether oxygens (including phenoxy) is 3. The van der Waals surface area contributed by atoms with Gasteiger partial charge in [-0.05, 0) is 51.8 Å². The number of hydrogen-bond donors (Lipinski definition) is 1. The van der Waals surface area contributed by atoms with Crippen LogP contribution in [0.4, 0.5) is 5.69 Å². The summed E-state index contributed by atoms with van der Waals surface area (Å²) >= 11 is 0. The summed E-state index contributed by atoms with van der Waals surface area (Å²) in [6, 6.07) is 5.64. The fraction of sp³-hybridized carbons (Fsp3) is 0.655. The minimum atomic E-state index is -1.67. The third-order valence-corrected chi connectivity index (χ3v) is 9.26. The van der Waals surface area contributed by atoms with Gasteiger partial charge < -0.3 is 24.2 Å². The molecule has 1 spiro atoms. The highest BCUT2D eigenvalue weighted by Crippen LogP contribution is 2.67. The molecule has 3 heterocycles. The number of anilines is 1. The van der Waals surface area contributed by atoms with Gasteiger partial charge in [0.15, 0.2) is 5.60 Å². The molecule has 1 N–H and O–H groups in total. The molecule has 8 heteroatoms. The molecule has 2 unspecified atom stereocenters. The number of nitrogens with zero attached hydrogens (tertiary/aromatic N) is 2. The third kappa shape index (κ3) is 3.41. The topological polar surface area (TPSA) is 88.5 Å². The van der Waals surface area contributed by atoms with Gasteiger partial charge in [-0.25, -0.2) is 0 Å². The molecule has 0 bridgehead atoms. The van der Waals surface area contributed by atoms with E-state index >= 15 is 0 Å². The van der Waals surface area contributed by atoms with Crippen LogP contribution in [0.25, 0.3) is 0 Å². The van der Waals surface area contributed by atoms with Crippen LogP contribution in [0.1, 0.15) is 53.0 Å². The molecule has 202 valence electrons. The molecule has 4 aliphatic rings. The van der Waals surface area contributed by atoms with Crippen LogP contribution in [0, 0.1) is 10.8 Å². The lowest BCUT2D eigenvalue weighted by Gasteiger charge is -2.64. The molecule has 1 saturated carbocycles. The Bertz CT molecular complexity index is 1140. The number of benzene rings is 1. The first-order valence-corrected chi connectivity index (χ1v) is 13.3. The first-order valence-electron chi connectivity index (χ1n) is 13.3. The van der Waals surface area contributed by atoms with Crippen molar-refractivity contribution < 1.29 is 28.9 Å². The second-order valence-corrected chi connectivity index (χ2v) is 12.3. The Morgan fingerprint density at radius 1 is 1.22 bits per heavy atom. The second kappa shape index (κ2) is 8.46. The Morgan fingerprint density at radius 3 is 2.57 bits per heavy atom. The van der Waals surface area contributed by atoms with Gasteiger partial charge >= 0.3 is 11.9 Å². The summed E-state index contributed by atoms with van der Waals surface area (Å²) in [5.41, 5.74) is -1.40. The van der Waals surface area contributed by atoms with Gasteiger partial charge in [0.2, 0.25) is 0 Å². The van der Waals surface area contributed by atoms with Crippen molar-refractivity contribution in [1.82, 2.24) is 4.90 Å². The Kier molecular flexibility index (Phi) is 5.96. The summed E-state index contributed by atoms with van der Waals surface area (Å²) in [7, 11) is 3.62. The smallest absolute Gasteiger partial charge is 0.311 e. The van der Waals surface area contributed by atoms with Crippen molar-refractivity contribution in [2.45, 2.75) is 76.7 Å². The zero-order valence-electron chi connectivity index (χ0n) is 23.0. The molecule has 1 aromatic rings. The Hall–Kier alpha value is -2.58. The van der Waals surface area contributed by atoms with Gasteiger partial charge in [0.1, 0.15) is 18.5 Å². The van der Waals surface area contributed by atoms with E-state index in [1.807, 2.05) is 19.2 Å². The van der Waals surface area contributed by atoms with E-state index in [2.05, 4.69) is 34.9 Å². The molecule has 1 aromatic carbocycles. The molecule has 0 radical (unpaired) electrons. The molecule has 0 amide bonds. The average molecular weight is 513 g/mol. The zero-order chi connectivity index (χ0) is 27.0. The summed E-state index contributed by atoms with van der Waals surface area (Å²) in [5.74, 6) is -0.134. The number of rotatable bonds is 5. The van der Waals surface area contributed by atoms with Crippen LogP contribution in [0.15, 0.2) is 30.4 Å². The highest BCUT2D eigenvalue weighted by molar-refractivity contribution is 5.76. The van der Waals surface area contributed by atoms with Crippen molar-refractivity contribution >= 4 is 17.6 Å². The minimum absolute atomic E-state index is 0.0000348. The molecule has 8 nitrogen and oxygen atoms in total. The SMILES string of the molecule is CC[C@]12C=CCN3CC[C@@]4(c5ccc(OC)cc5N(C)[C@H]4C(O)(COC(=O)C(C)(C)C)[C@@H]1OC(C)=O)C32. The lowest BCUT2D eigenvalue weighted by Crippen LogP contribution is -2.80. The summed E-state index contributed by atoms with van der Waals surface area (Å²) in [6.45, 7) is 10.2. The quantitative estimate of drug-likeness (QED) is 0.476. The number of methoxy groups -OCH3 is 1. The zero-order valence-corrected chi connectivity index (χ0v) is 23.0. The molecule has 2 fully saturated rings. The molecular formula is C29H40N2O6. The molecule has 6 atom stereocenters. The molecule has 1 saturated heterocycles. The van der Waals surface area contributed by atoms with E-state index in [0.717, 1.165) is 36.5 Å². The number of aliphatic hydroxyl groups is 1. The standard InChI is InChI=1S/C29H40N2O6/c1-8-27-12-9-14-31-15-13-28(22(27)31)20-11-10-19(35-7)16-21(20)30(6)23(28)29(34,24(27)37-18(2)32)17-36-25(33)26(3,4)5/h9-12,16,22-24,34H,8,13-15,17H2,1-7H3/t22?,23-,24-,27-,28-,29?/m1/s1. The van der Waals surface area contributed by atoms with Crippen LogP contribution < -0.4 is 9.64 Å². The largest absolute Gasteiger partial charge is 0.497 e. The van der Waals surface area contributed by atoms with Crippen molar-refractivity contribution in [3.63, 3.8) is 0 Å². The van der Waals surface area contributed by atoms with E-state index in [4.69, 9.17) is 14.2 Å². The van der Waals surface area contributed by atoms with Crippen LogP contribution in [-0.4, -0.2) is 79.6 Å². The van der Waals surface area contributed by atoms with Gasteiger partial charge in [-0.15, -0.1) is 0 Å². The Balaban J connectivity index is 1.76. The normalized spacial score (nSPS) is 36.0. The summed E-state index contributed by atoms with van der Waals surface area (Å²) in [5, 5.41) is 12.9. The number of fused-ring (bicyclic) bond motifs is 1. The number of esters is 2. The van der Waals surface area contributed by atoms with Gasteiger partial charge in [-0.1, -0.05) is 25.1 Å². The average Bonchev–Trinajstić information content (AvgIpc) is 3.36. The van der Waals surface area contributed by atoms with E-state index < -0.39 is 45.9 Å². The van der Waals surface area contributed by atoms with Gasteiger partial charge in [-0.2, -0.15) is 0 Å². The van der Waals surface area contributed by atoms with Crippen molar-refractivity contribution in [3.8, 4) is 5.75 Å². The maximum absolute atomic E-state index is 13.0. The van der Waals surface area contributed by atoms with Crippen molar-refractivity contribution in [3.05, 3.63) is 35.9 Å². The van der Waals surface area contributed by atoms with E-state index in [-0.39, 0.29) is 12.6 Å². The molecule has 1 aliphatic carbocycles. The second-order valence-electron chi connectivity index (χ2n) is 12.3. The third-order valence-electron chi connectivity index (χ3n) is 9.26. The van der Waals surface area contributed by atoms with Gasteiger partial charge in [0.05, 0.1) is 18.6 Å². The van der Waals surface area contributed by atoms with Gasteiger partial charge in [0.25, 0.3) is 0 Å². The number of likely N-dealkylation sites (N-methyl/N-ethyl adjacent to an activating group) is 1. The number of carbonyl (C=O) groups excluding carboxylic acids is 2. The molecular weight excluding hydrogens is 472 g/mol. The maximum Gasteiger partial charge on any atom is 0.311 e. The van der Waals surface area contributed by atoms with Crippen LogP contribution in [0.5, 0.6) is 5.75 Å². The van der Waals surface area contributed by atoms with Gasteiger partial charge in [0, 0.05) is 49.1 Å². The first kappa shape index (κ1) is 26.0. The monoisotopic (exact) mass is 512 g/mol. The first-order chi connectivity index (χ1) is 17.4. The Morgan fingerprint density at radius 2 is 1.95 bits per heavy atom. The van der Waals surface area contributed by atoms with E-state index in [9.17, 15) is 14.7 Å². The predicted octanol–water partition coefficient (Wildman–Crippen LogP) is 3.06. The number of hydrogen-bond acceptors (Lipinski definition) is 8. The lowest BCUT2D eigenvalue weighted by molar-refractivity contribution is -0.233. The fourth-order valence-corrected chi connectivity index (χ4v) is 8.01. The van der Waals surface area contributed by atoms with Crippen molar-refractivity contribution in [2.75, 3.05) is 38.8 Å².